The SMILES string of the molecule is CO[C@H]1C(c2cccc(F)c2F)CCN1C(=O)O. The fraction of sp³-hybridized carbons (Fsp3) is 0.417. The number of ether oxygens (including phenoxy) is 1. The second-order valence-electron chi connectivity index (χ2n) is 4.14. The van der Waals surface area contributed by atoms with Crippen LogP contribution >= 0.6 is 0 Å². The van der Waals surface area contributed by atoms with Crippen LogP contribution in [0.25, 0.3) is 0 Å². The van der Waals surface area contributed by atoms with E-state index >= 15 is 0 Å². The summed E-state index contributed by atoms with van der Waals surface area (Å²) < 4.78 is 32.0. The molecule has 0 aliphatic carbocycles. The smallest absolute Gasteiger partial charge is 0.409 e. The maximum Gasteiger partial charge on any atom is 0.409 e. The fourth-order valence-corrected chi connectivity index (χ4v) is 2.38. The molecule has 0 aromatic heterocycles. The van der Waals surface area contributed by atoms with Crippen LogP contribution in [-0.2, 0) is 4.74 Å². The highest BCUT2D eigenvalue weighted by atomic mass is 19.2. The van der Waals surface area contributed by atoms with E-state index in [4.69, 9.17) is 9.84 Å². The van der Waals surface area contributed by atoms with Gasteiger partial charge in [0.1, 0.15) is 6.23 Å². The summed E-state index contributed by atoms with van der Waals surface area (Å²) in [7, 11) is 1.36. The molecule has 1 aromatic carbocycles. The lowest BCUT2D eigenvalue weighted by atomic mass is 9.96. The Bertz CT molecular complexity index is 467. The zero-order valence-corrected chi connectivity index (χ0v) is 9.77. The maximum atomic E-state index is 13.7. The van der Waals surface area contributed by atoms with Crippen LogP contribution in [0.5, 0.6) is 0 Å². The van der Waals surface area contributed by atoms with Crippen LogP contribution in [0.3, 0.4) is 0 Å². The van der Waals surface area contributed by atoms with Crippen LogP contribution in [0, 0.1) is 11.6 Å². The van der Waals surface area contributed by atoms with Crippen LogP contribution < -0.4 is 0 Å². The Hall–Kier alpha value is -1.69. The number of halogens is 2. The second kappa shape index (κ2) is 4.89. The van der Waals surface area contributed by atoms with E-state index in [1.165, 1.54) is 19.2 Å². The Kier molecular flexibility index (Phi) is 3.47. The van der Waals surface area contributed by atoms with Gasteiger partial charge in [-0.15, -0.1) is 0 Å². The summed E-state index contributed by atoms with van der Waals surface area (Å²) in [5.74, 6) is -2.35. The van der Waals surface area contributed by atoms with Gasteiger partial charge in [-0.1, -0.05) is 12.1 Å². The third-order valence-electron chi connectivity index (χ3n) is 3.20. The summed E-state index contributed by atoms with van der Waals surface area (Å²) in [6.45, 7) is 0.245. The summed E-state index contributed by atoms with van der Waals surface area (Å²) in [6, 6.07) is 3.90. The monoisotopic (exact) mass is 257 g/mol. The average Bonchev–Trinajstić information content (AvgIpc) is 2.76. The maximum absolute atomic E-state index is 13.7. The first kappa shape index (κ1) is 12.8. The molecule has 1 aliphatic rings. The summed E-state index contributed by atoms with van der Waals surface area (Å²) in [5, 5.41) is 8.98. The molecule has 1 fully saturated rings. The van der Waals surface area contributed by atoms with Gasteiger partial charge in [-0.2, -0.15) is 0 Å². The summed E-state index contributed by atoms with van der Waals surface area (Å²) >= 11 is 0. The number of hydrogen-bond acceptors (Lipinski definition) is 2. The summed E-state index contributed by atoms with van der Waals surface area (Å²) in [4.78, 5) is 12.1. The molecule has 18 heavy (non-hydrogen) atoms. The molecule has 0 saturated carbocycles. The molecular weight excluding hydrogens is 244 g/mol. The molecule has 4 nitrogen and oxygen atoms in total. The average molecular weight is 257 g/mol. The predicted molar refractivity (Wildman–Crippen MR) is 59.2 cm³/mol. The number of benzene rings is 1. The quantitative estimate of drug-likeness (QED) is 0.885. The minimum Gasteiger partial charge on any atom is -0.465 e. The van der Waals surface area contributed by atoms with E-state index in [2.05, 4.69) is 0 Å². The molecule has 1 heterocycles. The summed E-state index contributed by atoms with van der Waals surface area (Å²) in [5.41, 5.74) is 0.158. The van der Waals surface area contributed by atoms with E-state index < -0.39 is 29.9 Å². The van der Waals surface area contributed by atoms with Gasteiger partial charge in [-0.05, 0) is 18.1 Å². The van der Waals surface area contributed by atoms with E-state index in [9.17, 15) is 13.6 Å². The van der Waals surface area contributed by atoms with Gasteiger partial charge in [0.25, 0.3) is 0 Å². The van der Waals surface area contributed by atoms with Crippen molar-refractivity contribution in [3.05, 3.63) is 35.4 Å². The van der Waals surface area contributed by atoms with Gasteiger partial charge in [-0.3, -0.25) is 4.90 Å². The fourth-order valence-electron chi connectivity index (χ4n) is 2.38. The van der Waals surface area contributed by atoms with Crippen LogP contribution in [-0.4, -0.2) is 36.0 Å². The molecule has 1 unspecified atom stereocenters. The Morgan fingerprint density at radius 1 is 1.50 bits per heavy atom. The number of carbonyl (C=O) groups is 1. The van der Waals surface area contributed by atoms with Gasteiger partial charge >= 0.3 is 6.09 Å². The minimum absolute atomic E-state index is 0.158. The standard InChI is InChI=1S/C12H13F2NO3/c1-18-11-8(5-6-15(11)12(16)17)7-3-2-4-9(13)10(7)14/h2-4,8,11H,5-6H2,1H3,(H,16,17)/t8?,11-/m0/s1. The van der Waals surface area contributed by atoms with E-state index in [1.807, 2.05) is 0 Å². The normalized spacial score (nSPS) is 23.4. The van der Waals surface area contributed by atoms with Gasteiger partial charge in [0.15, 0.2) is 11.6 Å². The zero-order chi connectivity index (χ0) is 13.3. The number of hydrogen-bond donors (Lipinski definition) is 1. The predicted octanol–water partition coefficient (Wildman–Crippen LogP) is 2.40. The van der Waals surface area contributed by atoms with Gasteiger partial charge in [0.05, 0.1) is 0 Å². The van der Waals surface area contributed by atoms with Crippen molar-refractivity contribution < 1.29 is 23.4 Å². The molecule has 1 amide bonds. The highest BCUT2D eigenvalue weighted by molar-refractivity contribution is 5.66. The van der Waals surface area contributed by atoms with Gasteiger partial charge in [0, 0.05) is 19.6 Å². The number of methoxy groups -OCH3 is 1. The van der Waals surface area contributed by atoms with Crippen LogP contribution in [0.1, 0.15) is 17.9 Å². The third-order valence-corrected chi connectivity index (χ3v) is 3.20. The molecule has 0 spiro atoms. The molecule has 1 aromatic rings. The number of amides is 1. The Balaban J connectivity index is 2.34. The van der Waals surface area contributed by atoms with Crippen molar-refractivity contribution in [2.24, 2.45) is 0 Å². The van der Waals surface area contributed by atoms with Crippen molar-refractivity contribution in [2.45, 2.75) is 18.6 Å². The third kappa shape index (κ3) is 2.03. The molecule has 0 radical (unpaired) electrons. The molecule has 1 saturated heterocycles. The van der Waals surface area contributed by atoms with Gasteiger partial charge < -0.3 is 9.84 Å². The van der Waals surface area contributed by atoms with Crippen LogP contribution in [0.15, 0.2) is 18.2 Å². The number of likely N-dealkylation sites (tertiary alicyclic amines) is 1. The topological polar surface area (TPSA) is 49.8 Å². The summed E-state index contributed by atoms with van der Waals surface area (Å²) in [6.07, 6.45) is -1.49. The first-order valence-electron chi connectivity index (χ1n) is 5.52. The van der Waals surface area contributed by atoms with Crippen molar-refractivity contribution in [3.8, 4) is 0 Å². The van der Waals surface area contributed by atoms with Crippen LogP contribution in [0.2, 0.25) is 0 Å². The lowest BCUT2D eigenvalue weighted by Crippen LogP contribution is -2.37. The lowest BCUT2D eigenvalue weighted by Gasteiger charge is -2.24. The molecule has 0 bridgehead atoms. The van der Waals surface area contributed by atoms with Crippen molar-refractivity contribution in [1.82, 2.24) is 4.90 Å². The van der Waals surface area contributed by atoms with Crippen molar-refractivity contribution >= 4 is 6.09 Å². The molecule has 98 valence electrons. The van der Waals surface area contributed by atoms with Crippen molar-refractivity contribution in [3.63, 3.8) is 0 Å². The van der Waals surface area contributed by atoms with Crippen molar-refractivity contribution in [2.75, 3.05) is 13.7 Å². The minimum atomic E-state index is -1.12. The zero-order valence-electron chi connectivity index (χ0n) is 9.77. The number of nitrogens with zero attached hydrogens (tertiary/aromatic N) is 1. The van der Waals surface area contributed by atoms with Gasteiger partial charge in [0.2, 0.25) is 0 Å². The molecule has 6 heteroatoms. The van der Waals surface area contributed by atoms with E-state index in [0.717, 1.165) is 11.0 Å². The molecule has 1 aliphatic heterocycles. The van der Waals surface area contributed by atoms with Gasteiger partial charge in [-0.25, -0.2) is 13.6 Å². The first-order valence-corrected chi connectivity index (χ1v) is 5.52. The first-order chi connectivity index (χ1) is 8.56. The second-order valence-corrected chi connectivity index (χ2v) is 4.14. The van der Waals surface area contributed by atoms with E-state index in [1.54, 1.807) is 0 Å². The Morgan fingerprint density at radius 2 is 2.22 bits per heavy atom. The Morgan fingerprint density at radius 3 is 2.83 bits per heavy atom. The molecule has 2 rings (SSSR count). The molecule has 2 atom stereocenters. The Labute approximate surface area is 103 Å². The largest absolute Gasteiger partial charge is 0.465 e. The van der Waals surface area contributed by atoms with Crippen molar-refractivity contribution in [1.29, 1.82) is 0 Å². The van der Waals surface area contributed by atoms with Crippen LogP contribution in [0.4, 0.5) is 13.6 Å². The highest BCUT2D eigenvalue weighted by Gasteiger charge is 2.39. The molecule has 1 N–H and O–H groups in total. The van der Waals surface area contributed by atoms with E-state index in [0.29, 0.717) is 6.42 Å². The lowest BCUT2D eigenvalue weighted by molar-refractivity contribution is -0.00591. The van der Waals surface area contributed by atoms with E-state index in [-0.39, 0.29) is 12.1 Å². The number of carboxylic acid groups (broad SMARTS) is 1. The number of rotatable bonds is 2. The molecular formula is C12H13F2NO3. The highest BCUT2D eigenvalue weighted by Crippen LogP contribution is 2.35.